The molecular formula is C15H19N5O2S2. The number of fused-ring (bicyclic) bond motifs is 4. The van der Waals surface area contributed by atoms with Gasteiger partial charge in [0.2, 0.25) is 5.95 Å². The molecule has 2 aromatic heterocycles. The van der Waals surface area contributed by atoms with E-state index in [9.17, 15) is 0 Å². The van der Waals surface area contributed by atoms with Crippen LogP contribution in [0.4, 0.5) is 11.8 Å². The molecule has 2 aliphatic heterocycles. The second-order valence-electron chi connectivity index (χ2n) is 5.75. The highest BCUT2D eigenvalue weighted by molar-refractivity contribution is 7.59. The fraction of sp³-hybridized carbons (Fsp3) is 0.333. The molecule has 9 heteroatoms. The van der Waals surface area contributed by atoms with Crippen LogP contribution in [0, 0.1) is 0 Å². The summed E-state index contributed by atoms with van der Waals surface area (Å²) < 4.78 is 11.5. The van der Waals surface area contributed by atoms with Crippen LogP contribution in [0.25, 0.3) is 22.1 Å². The average molecular weight is 365 g/mol. The summed E-state index contributed by atoms with van der Waals surface area (Å²) in [5, 5.41) is 4.23. The first-order chi connectivity index (χ1) is 10.8. The molecule has 1 unspecified atom stereocenters. The first-order valence-corrected chi connectivity index (χ1v) is 7.29. The summed E-state index contributed by atoms with van der Waals surface area (Å²) in [5.74, 6) is 1.77. The van der Waals surface area contributed by atoms with Gasteiger partial charge in [-0.05, 0) is 12.1 Å². The molecule has 0 spiro atoms. The number of nitrogen functional groups attached to an aromatic ring is 1. The summed E-state index contributed by atoms with van der Waals surface area (Å²) in [6.45, 7) is 1.89. The van der Waals surface area contributed by atoms with Crippen LogP contribution in [0.3, 0.4) is 0 Å². The van der Waals surface area contributed by atoms with Crippen molar-refractivity contribution in [2.24, 2.45) is 0 Å². The Kier molecular flexibility index (Phi) is 4.18. The third kappa shape index (κ3) is 2.11. The van der Waals surface area contributed by atoms with Crippen LogP contribution in [-0.4, -0.2) is 42.3 Å². The Hall–Kier alpha value is -1.84. The highest BCUT2D eigenvalue weighted by Gasteiger charge is 2.47. The minimum absolute atomic E-state index is 0. The van der Waals surface area contributed by atoms with Gasteiger partial charge in [-0.3, -0.25) is 0 Å². The van der Waals surface area contributed by atoms with E-state index in [0.29, 0.717) is 23.2 Å². The van der Waals surface area contributed by atoms with Gasteiger partial charge in [-0.25, -0.2) is 4.98 Å². The van der Waals surface area contributed by atoms with E-state index < -0.39 is 0 Å². The molecule has 128 valence electrons. The Balaban J connectivity index is 0.000000845. The van der Waals surface area contributed by atoms with Crippen molar-refractivity contribution in [1.82, 2.24) is 15.3 Å². The van der Waals surface area contributed by atoms with Crippen LogP contribution < -0.4 is 20.7 Å². The Morgan fingerprint density at radius 1 is 1.33 bits per heavy atom. The normalized spacial score (nSPS) is 21.3. The van der Waals surface area contributed by atoms with Gasteiger partial charge in [-0.15, -0.1) is 0 Å². The van der Waals surface area contributed by atoms with E-state index in [0.717, 1.165) is 35.6 Å². The molecule has 2 saturated heterocycles. The van der Waals surface area contributed by atoms with Gasteiger partial charge in [-0.1, -0.05) is 6.07 Å². The highest BCUT2D eigenvalue weighted by atomic mass is 32.1. The molecular weight excluding hydrogens is 346 g/mol. The summed E-state index contributed by atoms with van der Waals surface area (Å²) in [6, 6.07) is 6.74. The van der Waals surface area contributed by atoms with Gasteiger partial charge in [0, 0.05) is 19.1 Å². The zero-order chi connectivity index (χ0) is 14.8. The fourth-order valence-electron chi connectivity index (χ4n) is 3.38. The second-order valence-corrected chi connectivity index (χ2v) is 5.75. The zero-order valence-corrected chi connectivity index (χ0v) is 15.0. The maximum atomic E-state index is 6.02. The smallest absolute Gasteiger partial charge is 0.222 e. The lowest BCUT2D eigenvalue weighted by atomic mass is 9.89. The van der Waals surface area contributed by atoms with E-state index in [4.69, 9.17) is 14.9 Å². The number of benzene rings is 1. The van der Waals surface area contributed by atoms with Gasteiger partial charge in [0.05, 0.1) is 18.5 Å². The van der Waals surface area contributed by atoms with E-state index in [1.165, 1.54) is 0 Å². The Morgan fingerprint density at radius 3 is 2.79 bits per heavy atom. The molecule has 0 radical (unpaired) electrons. The molecule has 0 bridgehead atoms. The number of hydrogen-bond donors (Lipinski definition) is 2. The van der Waals surface area contributed by atoms with Gasteiger partial charge in [-0.2, -0.15) is 32.0 Å². The lowest BCUT2D eigenvalue weighted by Crippen LogP contribution is -2.78. The van der Waals surface area contributed by atoms with E-state index >= 15 is 0 Å². The monoisotopic (exact) mass is 365 g/mol. The fourth-order valence-corrected chi connectivity index (χ4v) is 3.38. The number of methoxy groups -OCH3 is 1. The largest absolute Gasteiger partial charge is 0.496 e. The van der Waals surface area contributed by atoms with Crippen LogP contribution in [-0.2, 0) is 0 Å². The van der Waals surface area contributed by atoms with Crippen LogP contribution in [0.15, 0.2) is 22.6 Å². The van der Waals surface area contributed by atoms with E-state index in [2.05, 4.69) is 20.2 Å². The molecule has 0 saturated carbocycles. The molecule has 2 fully saturated rings. The van der Waals surface area contributed by atoms with Crippen LogP contribution in [0.2, 0.25) is 0 Å². The molecule has 1 aromatic carbocycles. The van der Waals surface area contributed by atoms with Crippen LogP contribution >= 0.6 is 27.0 Å². The van der Waals surface area contributed by atoms with Crippen molar-refractivity contribution in [2.45, 2.75) is 12.1 Å². The Labute approximate surface area is 152 Å². The quantitative estimate of drug-likeness (QED) is 0.708. The highest BCUT2D eigenvalue weighted by Crippen LogP contribution is 2.40. The first-order valence-electron chi connectivity index (χ1n) is 7.29. The van der Waals surface area contributed by atoms with Crippen molar-refractivity contribution < 1.29 is 9.15 Å². The molecule has 2 aliphatic rings. The number of ether oxygens (including phenoxy) is 1. The van der Waals surface area contributed by atoms with Crippen molar-refractivity contribution in [3.63, 3.8) is 0 Å². The topological polar surface area (TPSA) is 89.4 Å². The van der Waals surface area contributed by atoms with Crippen molar-refractivity contribution >= 4 is 60.8 Å². The Morgan fingerprint density at radius 2 is 2.17 bits per heavy atom. The van der Waals surface area contributed by atoms with Crippen LogP contribution in [0.5, 0.6) is 5.75 Å². The van der Waals surface area contributed by atoms with E-state index in [-0.39, 0.29) is 32.9 Å². The average Bonchev–Trinajstić information content (AvgIpc) is 2.88. The maximum Gasteiger partial charge on any atom is 0.222 e. The lowest BCUT2D eigenvalue weighted by molar-refractivity contribution is 0.212. The number of aromatic nitrogens is 2. The molecule has 7 nitrogen and oxygen atoms in total. The van der Waals surface area contributed by atoms with Crippen molar-refractivity contribution in [3.8, 4) is 5.75 Å². The minimum atomic E-state index is 0. The summed E-state index contributed by atoms with van der Waals surface area (Å²) >= 11 is 0. The zero-order valence-electron chi connectivity index (χ0n) is 13.0. The maximum absolute atomic E-state index is 6.02. The number of nitrogens with zero attached hydrogens (tertiary/aromatic N) is 3. The third-order valence-corrected chi connectivity index (χ3v) is 4.64. The van der Waals surface area contributed by atoms with Gasteiger partial charge in [0.25, 0.3) is 0 Å². The van der Waals surface area contributed by atoms with E-state index in [1.807, 2.05) is 18.2 Å². The number of rotatable bonds is 2. The number of piperazine rings is 1. The van der Waals surface area contributed by atoms with Gasteiger partial charge in [0.15, 0.2) is 11.4 Å². The number of hydrogen-bond acceptors (Lipinski definition) is 7. The molecule has 0 aliphatic carbocycles. The number of nitrogens with two attached hydrogens (primary N) is 1. The summed E-state index contributed by atoms with van der Waals surface area (Å²) in [4.78, 5) is 11.0. The Bertz CT molecular complexity index is 916. The van der Waals surface area contributed by atoms with Gasteiger partial charge in [0.1, 0.15) is 16.8 Å². The molecule has 24 heavy (non-hydrogen) atoms. The molecule has 2 atom stereocenters. The third-order valence-electron chi connectivity index (χ3n) is 4.64. The van der Waals surface area contributed by atoms with E-state index in [1.54, 1.807) is 7.11 Å². The predicted molar refractivity (Wildman–Crippen MR) is 104 cm³/mol. The minimum Gasteiger partial charge on any atom is -0.496 e. The SMILES string of the molecule is COc1cccc2oc3c(N4C[C@H]5NCC54)nc(N)nc3c12.S.S. The number of furan rings is 1. The molecule has 4 heterocycles. The molecule has 3 N–H and O–H groups in total. The van der Waals surface area contributed by atoms with Gasteiger partial charge >= 0.3 is 0 Å². The molecule has 0 amide bonds. The van der Waals surface area contributed by atoms with Gasteiger partial charge < -0.3 is 25.1 Å². The second kappa shape index (κ2) is 5.91. The standard InChI is InChI=1S/C15H15N5O2.2H2S/c1-21-9-3-2-4-10-11(9)12-13(22-10)14(19-15(16)18-12)20-6-7-8(20)5-17-7;;/h2-4,7-8,17H,5-6H2,1H3,(H2,16,18,19);2*1H2/t7-,8?;;/m1../s1. The summed E-state index contributed by atoms with van der Waals surface area (Å²) in [6.07, 6.45) is 0. The summed E-state index contributed by atoms with van der Waals surface area (Å²) in [5.41, 5.74) is 8.06. The van der Waals surface area contributed by atoms with Crippen LogP contribution in [0.1, 0.15) is 0 Å². The number of anilines is 2. The first kappa shape index (κ1) is 17.0. The van der Waals surface area contributed by atoms with Crippen molar-refractivity contribution in [2.75, 3.05) is 30.8 Å². The van der Waals surface area contributed by atoms with Crippen molar-refractivity contribution in [3.05, 3.63) is 18.2 Å². The summed E-state index contributed by atoms with van der Waals surface area (Å²) in [7, 11) is 1.64. The predicted octanol–water partition coefficient (Wildman–Crippen LogP) is 1.35. The number of nitrogens with one attached hydrogen (secondary N) is 1. The lowest BCUT2D eigenvalue weighted by Gasteiger charge is -2.56. The van der Waals surface area contributed by atoms with Crippen molar-refractivity contribution in [1.29, 1.82) is 0 Å². The molecule has 5 rings (SSSR count). The molecule has 3 aromatic rings.